The maximum atomic E-state index is 12.1. The summed E-state index contributed by atoms with van der Waals surface area (Å²) >= 11 is 0. The molecular formula is C19H32O3S. The van der Waals surface area contributed by atoms with E-state index in [1.165, 1.54) is 44.9 Å². The summed E-state index contributed by atoms with van der Waals surface area (Å²) in [6.45, 7) is 2.23. The van der Waals surface area contributed by atoms with Crippen LogP contribution in [0.3, 0.4) is 0 Å². The van der Waals surface area contributed by atoms with E-state index in [-0.39, 0.29) is 5.75 Å². The molecule has 0 aromatic heterocycles. The molecule has 0 aliphatic rings. The van der Waals surface area contributed by atoms with Crippen LogP contribution >= 0.6 is 0 Å². The van der Waals surface area contributed by atoms with Crippen LogP contribution < -0.4 is 0 Å². The quantitative estimate of drug-likeness (QED) is 0.528. The van der Waals surface area contributed by atoms with Crippen molar-refractivity contribution >= 4 is 9.84 Å². The Morgan fingerprint density at radius 3 is 1.96 bits per heavy atom. The van der Waals surface area contributed by atoms with Crippen LogP contribution in [0.4, 0.5) is 0 Å². The zero-order valence-electron chi connectivity index (χ0n) is 14.4. The molecule has 1 rings (SSSR count). The summed E-state index contributed by atoms with van der Waals surface area (Å²) in [6.07, 6.45) is 10.8. The topological polar surface area (TPSA) is 54.4 Å². The highest BCUT2D eigenvalue weighted by atomic mass is 32.2. The maximum Gasteiger partial charge on any atom is 0.180 e. The van der Waals surface area contributed by atoms with Crippen LogP contribution in [-0.2, 0) is 9.84 Å². The van der Waals surface area contributed by atoms with Gasteiger partial charge in [-0.05, 0) is 18.6 Å². The van der Waals surface area contributed by atoms with Crippen molar-refractivity contribution < 1.29 is 13.5 Å². The van der Waals surface area contributed by atoms with Crippen molar-refractivity contribution in [1.29, 1.82) is 0 Å². The molecule has 4 heteroatoms. The summed E-state index contributed by atoms with van der Waals surface area (Å²) in [5, 5.41) is 9.97. The average molecular weight is 341 g/mol. The lowest BCUT2D eigenvalue weighted by molar-refractivity contribution is 0.182. The third kappa shape index (κ3) is 9.11. The highest BCUT2D eigenvalue weighted by molar-refractivity contribution is 7.91. The first-order valence-electron chi connectivity index (χ1n) is 9.02. The van der Waals surface area contributed by atoms with Gasteiger partial charge in [-0.15, -0.1) is 0 Å². The fourth-order valence-electron chi connectivity index (χ4n) is 2.75. The minimum absolute atomic E-state index is 0.173. The van der Waals surface area contributed by atoms with E-state index in [9.17, 15) is 13.5 Å². The fraction of sp³-hybridized carbons (Fsp3) is 0.684. The number of hydrogen-bond donors (Lipinski definition) is 1. The molecular weight excluding hydrogens is 308 g/mol. The number of sulfone groups is 1. The molecule has 132 valence electrons. The number of unbranched alkanes of at least 4 members (excludes halogenated alkanes) is 8. The fourth-order valence-corrected chi connectivity index (χ4v) is 4.19. The van der Waals surface area contributed by atoms with E-state index in [0.717, 1.165) is 12.8 Å². The molecule has 0 saturated heterocycles. The number of aliphatic hydroxyl groups excluding tert-OH is 1. The molecule has 0 aliphatic carbocycles. The van der Waals surface area contributed by atoms with Crippen molar-refractivity contribution in [2.75, 3.05) is 5.75 Å². The molecule has 23 heavy (non-hydrogen) atoms. The normalized spacial score (nSPS) is 13.1. The van der Waals surface area contributed by atoms with Crippen molar-refractivity contribution in [1.82, 2.24) is 0 Å². The third-order valence-corrected chi connectivity index (χ3v) is 5.97. The van der Waals surface area contributed by atoms with E-state index in [2.05, 4.69) is 6.92 Å². The van der Waals surface area contributed by atoms with Gasteiger partial charge in [0.05, 0.1) is 16.8 Å². The highest BCUT2D eigenvalue weighted by Gasteiger charge is 2.18. The molecule has 0 aliphatic heterocycles. The zero-order valence-corrected chi connectivity index (χ0v) is 15.2. The van der Waals surface area contributed by atoms with E-state index in [0.29, 0.717) is 11.3 Å². The van der Waals surface area contributed by atoms with E-state index in [4.69, 9.17) is 0 Å². The standard InChI is InChI=1S/C19H32O3S/c1-2-3-4-5-6-7-8-9-11-14-18(20)17-23(21,22)19-15-12-10-13-16-19/h10,12-13,15-16,18,20H,2-9,11,14,17H2,1H3/t18-/m1/s1. The third-order valence-electron chi connectivity index (χ3n) is 4.16. The minimum atomic E-state index is -3.37. The SMILES string of the molecule is CCCCCCCCCCC[C@@H](O)CS(=O)(=O)c1ccccc1. The van der Waals surface area contributed by atoms with Crippen molar-refractivity contribution in [3.05, 3.63) is 30.3 Å². The molecule has 1 atom stereocenters. The Morgan fingerprint density at radius 2 is 1.39 bits per heavy atom. The molecule has 0 fully saturated rings. The van der Waals surface area contributed by atoms with Gasteiger partial charge in [-0.3, -0.25) is 0 Å². The van der Waals surface area contributed by atoms with Crippen molar-refractivity contribution in [3.8, 4) is 0 Å². The van der Waals surface area contributed by atoms with Gasteiger partial charge in [0.15, 0.2) is 9.84 Å². The molecule has 0 heterocycles. The van der Waals surface area contributed by atoms with Crippen LogP contribution in [0.25, 0.3) is 0 Å². The summed E-state index contributed by atoms with van der Waals surface area (Å²) in [4.78, 5) is 0.297. The Balaban J connectivity index is 2.12. The second-order valence-corrected chi connectivity index (χ2v) is 8.40. The lowest BCUT2D eigenvalue weighted by atomic mass is 10.1. The molecule has 0 saturated carbocycles. The minimum Gasteiger partial charge on any atom is -0.392 e. The Bertz CT molecular complexity index is 497. The average Bonchev–Trinajstić information content (AvgIpc) is 2.54. The van der Waals surface area contributed by atoms with Gasteiger partial charge in [-0.2, -0.15) is 0 Å². The Kier molecular flexibility index (Phi) is 10.2. The first kappa shape index (κ1) is 20.2. The molecule has 0 radical (unpaired) electrons. The Morgan fingerprint density at radius 1 is 0.870 bits per heavy atom. The first-order valence-corrected chi connectivity index (χ1v) is 10.7. The summed E-state index contributed by atoms with van der Waals surface area (Å²) in [7, 11) is -3.37. The first-order chi connectivity index (χ1) is 11.1. The molecule has 0 bridgehead atoms. The zero-order chi connectivity index (χ0) is 17.0. The molecule has 1 N–H and O–H groups in total. The van der Waals surface area contributed by atoms with Gasteiger partial charge >= 0.3 is 0 Å². The molecule has 1 aromatic carbocycles. The number of aliphatic hydroxyl groups is 1. The monoisotopic (exact) mass is 340 g/mol. The van der Waals surface area contributed by atoms with Crippen LogP contribution in [-0.4, -0.2) is 25.4 Å². The second kappa shape index (κ2) is 11.6. The van der Waals surface area contributed by atoms with Crippen LogP contribution in [0, 0.1) is 0 Å². The van der Waals surface area contributed by atoms with E-state index in [1.54, 1.807) is 30.3 Å². The largest absolute Gasteiger partial charge is 0.392 e. The lowest BCUT2D eigenvalue weighted by Gasteiger charge is -2.11. The van der Waals surface area contributed by atoms with E-state index >= 15 is 0 Å². The molecule has 0 amide bonds. The summed E-state index contributed by atoms with van der Waals surface area (Å²) in [6, 6.07) is 8.37. The Hall–Kier alpha value is -0.870. The van der Waals surface area contributed by atoms with E-state index in [1.807, 2.05) is 0 Å². The van der Waals surface area contributed by atoms with Crippen molar-refractivity contribution in [2.24, 2.45) is 0 Å². The van der Waals surface area contributed by atoms with Gasteiger partial charge in [-0.25, -0.2) is 8.42 Å². The van der Waals surface area contributed by atoms with Gasteiger partial charge in [-0.1, -0.05) is 82.9 Å². The van der Waals surface area contributed by atoms with E-state index < -0.39 is 15.9 Å². The van der Waals surface area contributed by atoms with Gasteiger partial charge < -0.3 is 5.11 Å². The van der Waals surface area contributed by atoms with Crippen molar-refractivity contribution in [3.63, 3.8) is 0 Å². The molecule has 1 aromatic rings. The number of hydrogen-bond acceptors (Lipinski definition) is 3. The van der Waals surface area contributed by atoms with Gasteiger partial charge in [0.1, 0.15) is 0 Å². The van der Waals surface area contributed by atoms with Crippen LogP contribution in [0.15, 0.2) is 35.2 Å². The van der Waals surface area contributed by atoms with Crippen LogP contribution in [0.5, 0.6) is 0 Å². The molecule has 3 nitrogen and oxygen atoms in total. The lowest BCUT2D eigenvalue weighted by Crippen LogP contribution is -2.20. The van der Waals surface area contributed by atoms with Crippen LogP contribution in [0.2, 0.25) is 0 Å². The summed E-state index contributed by atoms with van der Waals surface area (Å²) < 4.78 is 24.3. The smallest absolute Gasteiger partial charge is 0.180 e. The maximum absolute atomic E-state index is 12.1. The van der Waals surface area contributed by atoms with Crippen molar-refractivity contribution in [2.45, 2.75) is 82.1 Å². The van der Waals surface area contributed by atoms with Crippen LogP contribution in [0.1, 0.15) is 71.1 Å². The predicted octanol–water partition coefficient (Wildman–Crippen LogP) is 4.74. The number of benzene rings is 1. The summed E-state index contributed by atoms with van der Waals surface area (Å²) in [5.41, 5.74) is 0. The van der Waals surface area contributed by atoms with Gasteiger partial charge in [0.2, 0.25) is 0 Å². The molecule has 0 unspecified atom stereocenters. The number of rotatable bonds is 13. The molecule has 0 spiro atoms. The highest BCUT2D eigenvalue weighted by Crippen LogP contribution is 2.15. The summed E-state index contributed by atoms with van der Waals surface area (Å²) in [5.74, 6) is -0.173. The Labute approximate surface area is 142 Å². The van der Waals surface area contributed by atoms with Gasteiger partial charge in [0, 0.05) is 0 Å². The predicted molar refractivity (Wildman–Crippen MR) is 96.3 cm³/mol. The second-order valence-electron chi connectivity index (χ2n) is 6.37. The van der Waals surface area contributed by atoms with Gasteiger partial charge in [0.25, 0.3) is 0 Å².